The summed E-state index contributed by atoms with van der Waals surface area (Å²) in [7, 11) is 0. The largest absolute Gasteiger partial charge is 0.453 e. The highest BCUT2D eigenvalue weighted by Gasteiger charge is 2.27. The third-order valence-corrected chi connectivity index (χ3v) is 11.8. The second-order valence-corrected chi connectivity index (χ2v) is 15.4. The Balaban J connectivity index is 1.10. The summed E-state index contributed by atoms with van der Waals surface area (Å²) >= 11 is 0. The van der Waals surface area contributed by atoms with Gasteiger partial charge in [0.25, 0.3) is 0 Å². The van der Waals surface area contributed by atoms with Gasteiger partial charge in [0.2, 0.25) is 5.95 Å². The maximum absolute atomic E-state index is 6.73. The number of fused-ring (bicyclic) bond motifs is 7. The second-order valence-electron chi connectivity index (χ2n) is 15.4. The van der Waals surface area contributed by atoms with Crippen LogP contribution < -0.4 is 9.64 Å². The first-order valence-electron chi connectivity index (χ1n) is 20.6. The first-order chi connectivity index (χ1) is 30.2. The van der Waals surface area contributed by atoms with Gasteiger partial charge < -0.3 is 9.64 Å². The maximum Gasteiger partial charge on any atom is 0.235 e. The molecule has 0 atom stereocenters. The standard InChI is InChI=1S/C56H36N4O/c1-4-15-37(16-5-1)38-27-29-41(30-28-38)48-36-47(40-18-6-2-7-19-40)57-56(58-48)60-51-34-31-39-17-10-11-22-44(39)54(51)46-24-14-23-45(55(46)60)42-32-33-50-53(35-42)61-52-26-13-12-25-49(52)59(50)43-20-8-3-9-21-43/h1-36H. The minimum atomic E-state index is 0.601. The number of ether oxygens (including phenoxy) is 1. The molecule has 0 saturated heterocycles. The summed E-state index contributed by atoms with van der Waals surface area (Å²) in [5, 5.41) is 4.65. The summed E-state index contributed by atoms with van der Waals surface area (Å²) in [5.41, 5.74) is 13.3. The quantitative estimate of drug-likeness (QED) is 0.169. The van der Waals surface area contributed by atoms with Gasteiger partial charge in [0.15, 0.2) is 11.5 Å². The fourth-order valence-electron chi connectivity index (χ4n) is 8.96. The Morgan fingerprint density at radius 2 is 0.984 bits per heavy atom. The zero-order valence-electron chi connectivity index (χ0n) is 33.0. The van der Waals surface area contributed by atoms with Crippen LogP contribution in [0.4, 0.5) is 17.1 Å². The van der Waals surface area contributed by atoms with E-state index in [0.717, 1.165) is 89.6 Å². The SMILES string of the molecule is c1ccc(-c2ccc(-c3cc(-c4ccccc4)nc(-n4c5ccc6ccccc6c5c5cccc(-c6ccc7c(c6)Oc6ccccc6N7c6ccccc6)c54)n3)cc2)cc1. The van der Waals surface area contributed by atoms with Crippen LogP contribution in [0.1, 0.15) is 0 Å². The number of hydrogen-bond acceptors (Lipinski definition) is 4. The number of benzene rings is 9. The predicted octanol–water partition coefficient (Wildman–Crippen LogP) is 15.0. The molecule has 11 aromatic rings. The molecule has 0 N–H and O–H groups in total. The van der Waals surface area contributed by atoms with Crippen LogP contribution >= 0.6 is 0 Å². The van der Waals surface area contributed by atoms with Crippen molar-refractivity contribution in [2.24, 2.45) is 0 Å². The minimum absolute atomic E-state index is 0.601. The summed E-state index contributed by atoms with van der Waals surface area (Å²) in [4.78, 5) is 13.1. The van der Waals surface area contributed by atoms with E-state index in [1.165, 1.54) is 16.3 Å². The smallest absolute Gasteiger partial charge is 0.235 e. The van der Waals surface area contributed by atoms with Crippen molar-refractivity contribution in [3.8, 4) is 62.2 Å². The van der Waals surface area contributed by atoms with Gasteiger partial charge in [-0.15, -0.1) is 0 Å². The van der Waals surface area contributed by atoms with Crippen molar-refractivity contribution in [3.05, 3.63) is 218 Å². The Morgan fingerprint density at radius 3 is 1.77 bits per heavy atom. The van der Waals surface area contributed by atoms with Crippen molar-refractivity contribution in [1.29, 1.82) is 0 Å². The summed E-state index contributed by atoms with van der Waals surface area (Å²) in [6, 6.07) is 76.6. The van der Waals surface area contributed by atoms with Crippen LogP contribution in [0.25, 0.3) is 83.3 Å². The fraction of sp³-hybridized carbons (Fsp3) is 0. The molecule has 0 aliphatic carbocycles. The Bertz CT molecular complexity index is 3430. The second kappa shape index (κ2) is 14.2. The van der Waals surface area contributed by atoms with Crippen molar-refractivity contribution in [1.82, 2.24) is 14.5 Å². The van der Waals surface area contributed by atoms with Crippen molar-refractivity contribution in [3.63, 3.8) is 0 Å². The van der Waals surface area contributed by atoms with E-state index in [2.05, 4.69) is 198 Å². The molecule has 3 heterocycles. The van der Waals surface area contributed by atoms with Gasteiger partial charge in [-0.25, -0.2) is 9.97 Å². The number of anilines is 3. The summed E-state index contributed by atoms with van der Waals surface area (Å²) < 4.78 is 9.00. The van der Waals surface area contributed by atoms with Gasteiger partial charge in [0.1, 0.15) is 0 Å². The van der Waals surface area contributed by atoms with E-state index < -0.39 is 0 Å². The molecule has 9 aromatic carbocycles. The number of hydrogen-bond donors (Lipinski definition) is 0. The number of nitrogens with zero attached hydrogens (tertiary/aromatic N) is 4. The van der Waals surface area contributed by atoms with Gasteiger partial charge in [0.05, 0.1) is 33.8 Å². The lowest BCUT2D eigenvalue weighted by Crippen LogP contribution is -2.15. The topological polar surface area (TPSA) is 43.2 Å². The van der Waals surface area contributed by atoms with Crippen LogP contribution in [-0.2, 0) is 0 Å². The molecule has 0 bridgehead atoms. The molecule has 12 rings (SSSR count). The van der Waals surface area contributed by atoms with Gasteiger partial charge >= 0.3 is 0 Å². The zero-order chi connectivity index (χ0) is 40.3. The molecule has 0 fully saturated rings. The molecule has 2 aromatic heterocycles. The van der Waals surface area contributed by atoms with E-state index in [-0.39, 0.29) is 0 Å². The lowest BCUT2D eigenvalue weighted by atomic mass is 9.99. The van der Waals surface area contributed by atoms with Gasteiger partial charge in [-0.2, -0.15) is 0 Å². The summed E-state index contributed by atoms with van der Waals surface area (Å²) in [6.45, 7) is 0. The molecule has 0 amide bonds. The van der Waals surface area contributed by atoms with Gasteiger partial charge in [0, 0.05) is 33.2 Å². The molecule has 5 nitrogen and oxygen atoms in total. The third kappa shape index (κ3) is 5.86. The molecular weight excluding hydrogens is 745 g/mol. The molecule has 1 aliphatic rings. The molecule has 0 radical (unpaired) electrons. The van der Waals surface area contributed by atoms with E-state index in [1.54, 1.807) is 0 Å². The van der Waals surface area contributed by atoms with Crippen molar-refractivity contribution < 1.29 is 4.74 Å². The highest BCUT2D eigenvalue weighted by molar-refractivity contribution is 6.23. The molecule has 0 unspecified atom stereocenters. The van der Waals surface area contributed by atoms with E-state index in [4.69, 9.17) is 14.7 Å². The highest BCUT2D eigenvalue weighted by Crippen LogP contribution is 2.52. The maximum atomic E-state index is 6.73. The van der Waals surface area contributed by atoms with Crippen molar-refractivity contribution in [2.45, 2.75) is 0 Å². The van der Waals surface area contributed by atoms with Crippen LogP contribution in [-0.4, -0.2) is 14.5 Å². The highest BCUT2D eigenvalue weighted by atomic mass is 16.5. The number of aromatic nitrogens is 3. The van der Waals surface area contributed by atoms with E-state index in [1.807, 2.05) is 30.3 Å². The molecule has 0 spiro atoms. The van der Waals surface area contributed by atoms with E-state index >= 15 is 0 Å². The summed E-state index contributed by atoms with van der Waals surface area (Å²) in [5.74, 6) is 2.20. The van der Waals surface area contributed by atoms with Gasteiger partial charge in [-0.05, 0) is 76.0 Å². The molecular formula is C56H36N4O. The first-order valence-corrected chi connectivity index (χ1v) is 20.6. The molecule has 61 heavy (non-hydrogen) atoms. The van der Waals surface area contributed by atoms with E-state index in [0.29, 0.717) is 5.95 Å². The Hall–Kier alpha value is -8.28. The van der Waals surface area contributed by atoms with Crippen LogP contribution in [0.3, 0.4) is 0 Å². The molecule has 286 valence electrons. The number of rotatable bonds is 6. The third-order valence-electron chi connectivity index (χ3n) is 11.8. The van der Waals surface area contributed by atoms with Gasteiger partial charge in [-0.3, -0.25) is 4.57 Å². The van der Waals surface area contributed by atoms with E-state index in [9.17, 15) is 0 Å². The average Bonchev–Trinajstić information content (AvgIpc) is 3.69. The average molecular weight is 781 g/mol. The first kappa shape index (κ1) is 34.7. The van der Waals surface area contributed by atoms with Crippen molar-refractivity contribution in [2.75, 3.05) is 4.90 Å². The normalized spacial score (nSPS) is 12.0. The van der Waals surface area contributed by atoms with Crippen LogP contribution in [0.2, 0.25) is 0 Å². The minimum Gasteiger partial charge on any atom is -0.453 e. The Kier molecular flexibility index (Phi) is 8.10. The molecule has 5 heteroatoms. The Morgan fingerprint density at radius 1 is 0.393 bits per heavy atom. The lowest BCUT2D eigenvalue weighted by molar-refractivity contribution is 0.477. The van der Waals surface area contributed by atoms with Crippen LogP contribution in [0.15, 0.2) is 218 Å². The van der Waals surface area contributed by atoms with Crippen molar-refractivity contribution >= 4 is 49.6 Å². The van der Waals surface area contributed by atoms with Crippen LogP contribution in [0, 0.1) is 0 Å². The summed E-state index contributed by atoms with van der Waals surface area (Å²) in [6.07, 6.45) is 0. The lowest BCUT2D eigenvalue weighted by Gasteiger charge is -2.33. The molecule has 0 saturated carbocycles. The van der Waals surface area contributed by atoms with Gasteiger partial charge in [-0.1, -0.05) is 170 Å². The molecule has 1 aliphatic heterocycles. The zero-order valence-corrected chi connectivity index (χ0v) is 33.0. The monoisotopic (exact) mass is 780 g/mol. The number of para-hydroxylation sites is 4. The Labute approximate surface area is 353 Å². The predicted molar refractivity (Wildman–Crippen MR) is 250 cm³/mol. The fourth-order valence-corrected chi connectivity index (χ4v) is 8.96. The van der Waals surface area contributed by atoms with Crippen LogP contribution in [0.5, 0.6) is 11.5 Å².